The fourth-order valence-electron chi connectivity index (χ4n) is 0.843. The molecule has 68 valence electrons. The Labute approximate surface area is 75.4 Å². The quantitative estimate of drug-likeness (QED) is 0.320. The van der Waals surface area contributed by atoms with Crippen LogP contribution in [-0.2, 0) is 4.74 Å². The number of unbranched alkanes of at least 4 members (excludes halogenated alkanes) is 2. The molecule has 0 amide bonds. The monoisotopic (exact) mass is 166 g/mol. The molecule has 1 heteroatoms. The number of allylic oxidation sites excluding steroid dienone is 1. The molecule has 0 rings (SSSR count). The van der Waals surface area contributed by atoms with E-state index in [0.29, 0.717) is 0 Å². The molecule has 0 heterocycles. The zero-order valence-electron chi connectivity index (χ0n) is 7.83. The van der Waals surface area contributed by atoms with E-state index in [1.807, 2.05) is 6.08 Å². The largest absolute Gasteiger partial charge is 0.491 e. The van der Waals surface area contributed by atoms with Crippen molar-refractivity contribution < 1.29 is 4.74 Å². The lowest BCUT2D eigenvalue weighted by molar-refractivity contribution is 0.229. The summed E-state index contributed by atoms with van der Waals surface area (Å²) >= 11 is 0. The summed E-state index contributed by atoms with van der Waals surface area (Å²) in [6.45, 7) is 9.32. The van der Waals surface area contributed by atoms with Crippen LogP contribution in [0.1, 0.15) is 26.2 Å². The van der Waals surface area contributed by atoms with Crippen molar-refractivity contribution in [1.29, 1.82) is 0 Å². The summed E-state index contributed by atoms with van der Waals surface area (Å²) in [7, 11) is 0. The molecule has 0 aromatic rings. The van der Waals surface area contributed by atoms with Gasteiger partial charge in [-0.1, -0.05) is 39.0 Å². The van der Waals surface area contributed by atoms with Crippen LogP contribution in [0.15, 0.2) is 37.6 Å². The second kappa shape index (κ2) is 8.12. The lowest BCUT2D eigenvalue weighted by Crippen LogP contribution is -1.99. The van der Waals surface area contributed by atoms with E-state index in [2.05, 4.69) is 26.2 Å². The van der Waals surface area contributed by atoms with Crippen LogP contribution in [0, 0.1) is 0 Å². The topological polar surface area (TPSA) is 9.23 Å². The first-order valence-electron chi connectivity index (χ1n) is 4.40. The molecular formula is C11H18O. The van der Waals surface area contributed by atoms with Crippen molar-refractivity contribution in [3.63, 3.8) is 0 Å². The molecule has 0 saturated carbocycles. The molecule has 0 radical (unpaired) electrons. The van der Waals surface area contributed by atoms with Crippen molar-refractivity contribution in [1.82, 2.24) is 0 Å². The van der Waals surface area contributed by atoms with Crippen molar-refractivity contribution >= 4 is 0 Å². The minimum atomic E-state index is -0.0145. The molecule has 0 aliphatic rings. The highest BCUT2D eigenvalue weighted by Crippen LogP contribution is 2.00. The Bertz CT molecular complexity index is 147. The Morgan fingerprint density at radius 1 is 1.42 bits per heavy atom. The Morgan fingerprint density at radius 2 is 2.17 bits per heavy atom. The van der Waals surface area contributed by atoms with Crippen LogP contribution in [0.4, 0.5) is 0 Å². The van der Waals surface area contributed by atoms with E-state index < -0.39 is 0 Å². The van der Waals surface area contributed by atoms with E-state index in [1.54, 1.807) is 6.08 Å². The molecule has 0 spiro atoms. The Morgan fingerprint density at radius 3 is 2.67 bits per heavy atom. The molecule has 0 aromatic heterocycles. The van der Waals surface area contributed by atoms with Crippen LogP contribution in [-0.4, -0.2) is 6.10 Å². The van der Waals surface area contributed by atoms with Crippen LogP contribution >= 0.6 is 0 Å². The molecule has 0 saturated heterocycles. The van der Waals surface area contributed by atoms with Gasteiger partial charge in [0.1, 0.15) is 6.10 Å². The number of ether oxygens (including phenoxy) is 1. The molecule has 0 N–H and O–H groups in total. The summed E-state index contributed by atoms with van der Waals surface area (Å²) in [5, 5.41) is 0. The van der Waals surface area contributed by atoms with Gasteiger partial charge in [0.2, 0.25) is 0 Å². The van der Waals surface area contributed by atoms with Gasteiger partial charge in [0.15, 0.2) is 0 Å². The molecule has 1 unspecified atom stereocenters. The maximum atomic E-state index is 5.13. The van der Waals surface area contributed by atoms with Gasteiger partial charge < -0.3 is 4.74 Å². The lowest BCUT2D eigenvalue weighted by atomic mass is 10.2. The van der Waals surface area contributed by atoms with E-state index in [-0.39, 0.29) is 6.10 Å². The fourth-order valence-corrected chi connectivity index (χ4v) is 0.843. The molecule has 0 aliphatic carbocycles. The SMILES string of the molecule is C=COC(C=C)/C=C/CCCC. The predicted molar refractivity (Wildman–Crippen MR) is 53.9 cm³/mol. The van der Waals surface area contributed by atoms with Crippen LogP contribution in [0.3, 0.4) is 0 Å². The summed E-state index contributed by atoms with van der Waals surface area (Å²) in [6.07, 6.45) is 10.9. The third kappa shape index (κ3) is 5.78. The molecule has 12 heavy (non-hydrogen) atoms. The average molecular weight is 166 g/mol. The van der Waals surface area contributed by atoms with Gasteiger partial charge in [0, 0.05) is 0 Å². The van der Waals surface area contributed by atoms with Crippen LogP contribution in [0.25, 0.3) is 0 Å². The third-order valence-electron chi connectivity index (χ3n) is 1.54. The third-order valence-corrected chi connectivity index (χ3v) is 1.54. The molecule has 0 aliphatic heterocycles. The van der Waals surface area contributed by atoms with Gasteiger partial charge in [-0.05, 0) is 18.6 Å². The minimum Gasteiger partial charge on any atom is -0.491 e. The molecule has 0 aromatic carbocycles. The summed E-state index contributed by atoms with van der Waals surface area (Å²) in [5.74, 6) is 0. The lowest BCUT2D eigenvalue weighted by Gasteiger charge is -2.05. The number of hydrogen-bond donors (Lipinski definition) is 0. The summed E-state index contributed by atoms with van der Waals surface area (Å²) in [4.78, 5) is 0. The average Bonchev–Trinajstić information content (AvgIpc) is 2.10. The molecule has 0 bridgehead atoms. The van der Waals surface area contributed by atoms with Crippen LogP contribution in [0.5, 0.6) is 0 Å². The van der Waals surface area contributed by atoms with Gasteiger partial charge in [-0.25, -0.2) is 0 Å². The molecular weight excluding hydrogens is 148 g/mol. The predicted octanol–water partition coefficient (Wildman–Crippen LogP) is 3.45. The van der Waals surface area contributed by atoms with E-state index in [1.165, 1.54) is 19.1 Å². The molecule has 1 atom stereocenters. The number of hydrogen-bond acceptors (Lipinski definition) is 1. The first-order valence-corrected chi connectivity index (χ1v) is 4.40. The maximum Gasteiger partial charge on any atom is 0.134 e. The molecule has 0 fully saturated rings. The van der Waals surface area contributed by atoms with Crippen molar-refractivity contribution in [3.8, 4) is 0 Å². The fraction of sp³-hybridized carbons (Fsp3) is 0.455. The summed E-state index contributed by atoms with van der Waals surface area (Å²) in [6, 6.07) is 0. The van der Waals surface area contributed by atoms with Gasteiger partial charge >= 0.3 is 0 Å². The Kier molecular flexibility index (Phi) is 7.46. The van der Waals surface area contributed by atoms with Crippen molar-refractivity contribution in [2.45, 2.75) is 32.3 Å². The minimum absolute atomic E-state index is 0.0145. The van der Waals surface area contributed by atoms with E-state index in [4.69, 9.17) is 4.74 Å². The van der Waals surface area contributed by atoms with Crippen molar-refractivity contribution in [2.75, 3.05) is 0 Å². The zero-order valence-corrected chi connectivity index (χ0v) is 7.83. The first-order chi connectivity index (χ1) is 5.85. The zero-order chi connectivity index (χ0) is 9.23. The smallest absolute Gasteiger partial charge is 0.134 e. The standard InChI is InChI=1S/C11H18O/c1-4-7-8-9-10-11(5-2)12-6-3/h5-6,9-11H,2-4,7-8H2,1H3/b10-9+. The normalized spacial score (nSPS) is 12.8. The second-order valence-electron chi connectivity index (χ2n) is 2.57. The van der Waals surface area contributed by atoms with Gasteiger partial charge in [0.25, 0.3) is 0 Å². The van der Waals surface area contributed by atoms with E-state index >= 15 is 0 Å². The highest BCUT2D eigenvalue weighted by Gasteiger charge is 1.93. The number of rotatable bonds is 7. The first kappa shape index (κ1) is 11.0. The van der Waals surface area contributed by atoms with E-state index in [0.717, 1.165) is 6.42 Å². The van der Waals surface area contributed by atoms with Crippen LogP contribution in [0.2, 0.25) is 0 Å². The van der Waals surface area contributed by atoms with Gasteiger partial charge in [-0.15, -0.1) is 0 Å². The van der Waals surface area contributed by atoms with Gasteiger partial charge in [-0.2, -0.15) is 0 Å². The summed E-state index contributed by atoms with van der Waals surface area (Å²) < 4.78 is 5.13. The molecule has 1 nitrogen and oxygen atoms in total. The van der Waals surface area contributed by atoms with Gasteiger partial charge in [0.05, 0.1) is 6.26 Å². The second-order valence-corrected chi connectivity index (χ2v) is 2.57. The van der Waals surface area contributed by atoms with Gasteiger partial charge in [-0.3, -0.25) is 0 Å². The Balaban J connectivity index is 3.60. The van der Waals surface area contributed by atoms with E-state index in [9.17, 15) is 0 Å². The maximum absolute atomic E-state index is 5.13. The van der Waals surface area contributed by atoms with Crippen molar-refractivity contribution in [3.05, 3.63) is 37.6 Å². The van der Waals surface area contributed by atoms with Crippen molar-refractivity contribution in [2.24, 2.45) is 0 Å². The summed E-state index contributed by atoms with van der Waals surface area (Å²) in [5.41, 5.74) is 0. The highest BCUT2D eigenvalue weighted by molar-refractivity contribution is 4.99. The Hall–Kier alpha value is -0.980. The van der Waals surface area contributed by atoms with Crippen LogP contribution < -0.4 is 0 Å². The highest BCUT2D eigenvalue weighted by atomic mass is 16.5.